The number of anilines is 1. The highest BCUT2D eigenvalue weighted by Gasteiger charge is 2.17. The first-order valence-corrected chi connectivity index (χ1v) is 8.97. The van der Waals surface area contributed by atoms with Crippen LogP contribution in [-0.2, 0) is 12.0 Å². The van der Waals surface area contributed by atoms with E-state index < -0.39 is 5.60 Å². The van der Waals surface area contributed by atoms with Gasteiger partial charge < -0.3 is 15.2 Å². The molecule has 0 radical (unpaired) electrons. The second-order valence-corrected chi connectivity index (χ2v) is 6.91. The highest BCUT2D eigenvalue weighted by atomic mass is 19.1. The second-order valence-electron chi connectivity index (χ2n) is 6.91. The van der Waals surface area contributed by atoms with Gasteiger partial charge in [-0.25, -0.2) is 4.39 Å². The van der Waals surface area contributed by atoms with Crippen molar-refractivity contribution < 1.29 is 14.2 Å². The predicted molar refractivity (Wildman–Crippen MR) is 106 cm³/mol. The third-order valence-electron chi connectivity index (χ3n) is 4.23. The quantitative estimate of drug-likeness (QED) is 0.650. The van der Waals surface area contributed by atoms with E-state index in [2.05, 4.69) is 20.3 Å². The fraction of sp³-hybridized carbons (Fsp3) is 0.286. The first kappa shape index (κ1) is 19.7. The van der Waals surface area contributed by atoms with Gasteiger partial charge in [0.25, 0.3) is 0 Å². The van der Waals surface area contributed by atoms with Crippen LogP contribution in [0.5, 0.6) is 6.01 Å². The average molecular weight is 382 g/mol. The Labute approximate surface area is 163 Å². The molecule has 146 valence electrons. The lowest BCUT2D eigenvalue weighted by molar-refractivity contribution is 0.0786. The molecule has 7 heteroatoms. The molecule has 0 aliphatic heterocycles. The van der Waals surface area contributed by atoms with Gasteiger partial charge in [-0.05, 0) is 49.6 Å². The number of hydrogen-bond donors (Lipinski definition) is 2. The number of nitrogens with one attached hydrogen (secondary N) is 1. The van der Waals surface area contributed by atoms with Gasteiger partial charge in [0.15, 0.2) is 5.82 Å². The monoisotopic (exact) mass is 382 g/mol. The molecule has 0 unspecified atom stereocenters. The Balaban J connectivity index is 1.79. The zero-order valence-electron chi connectivity index (χ0n) is 16.1. The van der Waals surface area contributed by atoms with Crippen molar-refractivity contribution in [2.75, 3.05) is 19.0 Å². The summed E-state index contributed by atoms with van der Waals surface area (Å²) in [4.78, 5) is 13.0. The maximum atomic E-state index is 13.0. The lowest BCUT2D eigenvalue weighted by Crippen LogP contribution is -2.15. The van der Waals surface area contributed by atoms with Crippen molar-refractivity contribution in [1.29, 1.82) is 0 Å². The molecule has 0 atom stereocenters. The van der Waals surface area contributed by atoms with E-state index in [4.69, 9.17) is 4.74 Å². The minimum absolute atomic E-state index is 0.197. The molecule has 2 aromatic carbocycles. The molecule has 28 heavy (non-hydrogen) atoms. The number of aromatic nitrogens is 3. The largest absolute Gasteiger partial charge is 0.467 e. The van der Waals surface area contributed by atoms with Crippen molar-refractivity contribution in [2.45, 2.75) is 25.9 Å². The molecular weight excluding hydrogens is 359 g/mol. The summed E-state index contributed by atoms with van der Waals surface area (Å²) in [5, 5.41) is 13.4. The minimum Gasteiger partial charge on any atom is -0.467 e. The summed E-state index contributed by atoms with van der Waals surface area (Å²) in [6, 6.07) is 14.0. The standard InChI is InChI=1S/C21H23FN4O2/c1-21(2,27)16-6-4-5-15(13-16)18-24-19(26-20(25-18)28-3)23-12-11-14-7-9-17(22)10-8-14/h4-10,13,27H,11-12H2,1-3H3,(H,23,24,25,26). The van der Waals surface area contributed by atoms with Gasteiger partial charge in [0.05, 0.1) is 12.7 Å². The molecule has 0 aliphatic carbocycles. The number of nitrogens with zero attached hydrogens (tertiary/aromatic N) is 3. The van der Waals surface area contributed by atoms with Gasteiger partial charge in [-0.1, -0.05) is 30.3 Å². The van der Waals surface area contributed by atoms with Crippen LogP contribution in [0.4, 0.5) is 10.3 Å². The lowest BCUT2D eigenvalue weighted by Gasteiger charge is -2.18. The predicted octanol–water partition coefficient (Wildman–Crippen LogP) is 3.57. The van der Waals surface area contributed by atoms with E-state index in [0.717, 1.165) is 16.7 Å². The van der Waals surface area contributed by atoms with Crippen LogP contribution in [0.2, 0.25) is 0 Å². The maximum absolute atomic E-state index is 13.0. The van der Waals surface area contributed by atoms with E-state index in [1.807, 2.05) is 24.3 Å². The zero-order chi connectivity index (χ0) is 20.1. The normalized spacial score (nSPS) is 11.3. The van der Waals surface area contributed by atoms with Gasteiger partial charge in [0, 0.05) is 12.1 Å². The van der Waals surface area contributed by atoms with Crippen molar-refractivity contribution in [1.82, 2.24) is 15.0 Å². The lowest BCUT2D eigenvalue weighted by atomic mass is 9.96. The smallest absolute Gasteiger partial charge is 0.321 e. The van der Waals surface area contributed by atoms with Crippen molar-refractivity contribution in [2.24, 2.45) is 0 Å². The van der Waals surface area contributed by atoms with Crippen LogP contribution < -0.4 is 10.1 Å². The molecule has 1 heterocycles. The van der Waals surface area contributed by atoms with Crippen LogP contribution in [0.25, 0.3) is 11.4 Å². The Kier molecular flexibility index (Phi) is 5.84. The van der Waals surface area contributed by atoms with E-state index >= 15 is 0 Å². The molecule has 2 N–H and O–H groups in total. The Bertz CT molecular complexity index is 940. The van der Waals surface area contributed by atoms with E-state index in [9.17, 15) is 9.50 Å². The summed E-state index contributed by atoms with van der Waals surface area (Å²) >= 11 is 0. The highest BCUT2D eigenvalue weighted by molar-refractivity contribution is 5.58. The van der Waals surface area contributed by atoms with Gasteiger partial charge in [-0.2, -0.15) is 15.0 Å². The summed E-state index contributed by atoms with van der Waals surface area (Å²) in [6.45, 7) is 4.02. The number of aliphatic hydroxyl groups is 1. The van der Waals surface area contributed by atoms with E-state index in [0.29, 0.717) is 24.7 Å². The van der Waals surface area contributed by atoms with Gasteiger partial charge >= 0.3 is 6.01 Å². The third kappa shape index (κ3) is 5.01. The van der Waals surface area contributed by atoms with E-state index in [-0.39, 0.29) is 11.8 Å². The Morgan fingerprint density at radius 1 is 1.07 bits per heavy atom. The van der Waals surface area contributed by atoms with Crippen molar-refractivity contribution in [3.8, 4) is 17.4 Å². The number of halogens is 1. The minimum atomic E-state index is -0.969. The summed E-state index contributed by atoms with van der Waals surface area (Å²) in [7, 11) is 1.49. The molecule has 1 aromatic heterocycles. The number of rotatable bonds is 7. The van der Waals surface area contributed by atoms with Gasteiger partial charge in [-0.3, -0.25) is 0 Å². The topological polar surface area (TPSA) is 80.2 Å². The van der Waals surface area contributed by atoms with Crippen molar-refractivity contribution >= 4 is 5.95 Å². The first-order chi connectivity index (χ1) is 13.3. The molecule has 3 aromatic rings. The second kappa shape index (κ2) is 8.31. The Hall–Kier alpha value is -3.06. The Morgan fingerprint density at radius 3 is 2.50 bits per heavy atom. The molecule has 0 amide bonds. The summed E-state index contributed by atoms with van der Waals surface area (Å²) in [6.07, 6.45) is 0.692. The molecule has 0 saturated heterocycles. The fourth-order valence-corrected chi connectivity index (χ4v) is 2.66. The molecule has 6 nitrogen and oxygen atoms in total. The summed E-state index contributed by atoms with van der Waals surface area (Å²) in [5.74, 6) is 0.580. The molecule has 0 saturated carbocycles. The highest BCUT2D eigenvalue weighted by Crippen LogP contribution is 2.25. The van der Waals surface area contributed by atoms with Crippen LogP contribution in [-0.4, -0.2) is 33.7 Å². The Morgan fingerprint density at radius 2 is 1.82 bits per heavy atom. The molecule has 0 aliphatic rings. The number of benzene rings is 2. The fourth-order valence-electron chi connectivity index (χ4n) is 2.66. The molecule has 3 rings (SSSR count). The van der Waals surface area contributed by atoms with Gasteiger partial charge in [0.2, 0.25) is 5.95 Å². The third-order valence-corrected chi connectivity index (χ3v) is 4.23. The van der Waals surface area contributed by atoms with Crippen LogP contribution in [0, 0.1) is 5.82 Å². The van der Waals surface area contributed by atoms with Gasteiger partial charge in [-0.15, -0.1) is 0 Å². The number of hydrogen-bond acceptors (Lipinski definition) is 6. The molecule has 0 fully saturated rings. The summed E-state index contributed by atoms with van der Waals surface area (Å²) < 4.78 is 18.2. The number of ether oxygens (including phenoxy) is 1. The van der Waals surface area contributed by atoms with Crippen LogP contribution >= 0.6 is 0 Å². The average Bonchev–Trinajstić information content (AvgIpc) is 2.69. The summed E-state index contributed by atoms with van der Waals surface area (Å²) in [5.41, 5.74) is 1.55. The van der Waals surface area contributed by atoms with Crippen molar-refractivity contribution in [3.05, 3.63) is 65.5 Å². The van der Waals surface area contributed by atoms with Crippen LogP contribution in [0.3, 0.4) is 0 Å². The maximum Gasteiger partial charge on any atom is 0.321 e. The molecular formula is C21H23FN4O2. The van der Waals surface area contributed by atoms with Crippen LogP contribution in [0.1, 0.15) is 25.0 Å². The zero-order valence-corrected chi connectivity index (χ0v) is 16.1. The van der Waals surface area contributed by atoms with Crippen LogP contribution in [0.15, 0.2) is 48.5 Å². The SMILES string of the molecule is COc1nc(NCCc2ccc(F)cc2)nc(-c2cccc(C(C)(C)O)c2)n1. The van der Waals surface area contributed by atoms with E-state index in [1.165, 1.54) is 19.2 Å². The van der Waals surface area contributed by atoms with Gasteiger partial charge in [0.1, 0.15) is 5.82 Å². The molecule has 0 spiro atoms. The van der Waals surface area contributed by atoms with E-state index in [1.54, 1.807) is 26.0 Å². The first-order valence-electron chi connectivity index (χ1n) is 8.97. The van der Waals surface area contributed by atoms with Crippen molar-refractivity contribution in [3.63, 3.8) is 0 Å². The number of methoxy groups -OCH3 is 1. The molecule has 0 bridgehead atoms.